The third-order valence-electron chi connectivity index (χ3n) is 2.20. The fraction of sp³-hybridized carbons (Fsp3) is 0.625. The van der Waals surface area contributed by atoms with Crippen LogP contribution in [0.4, 0.5) is 4.79 Å². The number of hydrogen-bond acceptors (Lipinski definition) is 3. The second-order valence-electron chi connectivity index (χ2n) is 3.13. The van der Waals surface area contributed by atoms with E-state index < -0.39 is 30.0 Å². The number of nitrogens with zero attached hydrogens (tertiary/aromatic N) is 1. The minimum absolute atomic E-state index is 0.465. The number of hydrogen-bond donors (Lipinski definition) is 2. The quantitative estimate of drug-likeness (QED) is 0.617. The van der Waals surface area contributed by atoms with Gasteiger partial charge in [0.1, 0.15) is 12.1 Å². The molecule has 0 aliphatic carbocycles. The molecule has 0 aromatic heterocycles. The number of amides is 3. The van der Waals surface area contributed by atoms with E-state index in [2.05, 4.69) is 5.32 Å². The molecule has 6 nitrogen and oxygen atoms in total. The van der Waals surface area contributed by atoms with E-state index in [4.69, 9.17) is 5.11 Å². The van der Waals surface area contributed by atoms with Crippen molar-refractivity contribution in [3.05, 3.63) is 0 Å². The number of carbonyl (C=O) groups is 3. The number of nitrogens with one attached hydrogen (secondary N) is 1. The van der Waals surface area contributed by atoms with Gasteiger partial charge in [-0.25, -0.2) is 14.5 Å². The maximum Gasteiger partial charge on any atom is 0.326 e. The highest BCUT2D eigenvalue weighted by molar-refractivity contribution is 6.06. The van der Waals surface area contributed by atoms with Crippen LogP contribution in [0.3, 0.4) is 0 Å². The Morgan fingerprint density at radius 1 is 1.64 bits per heavy atom. The lowest BCUT2D eigenvalue weighted by molar-refractivity contribution is -0.146. The lowest BCUT2D eigenvalue weighted by Crippen LogP contribution is -2.43. The molecule has 0 radical (unpaired) electrons. The Morgan fingerprint density at radius 2 is 2.21 bits per heavy atom. The first-order valence-electron chi connectivity index (χ1n) is 4.35. The van der Waals surface area contributed by atoms with E-state index in [0.29, 0.717) is 6.42 Å². The van der Waals surface area contributed by atoms with Crippen molar-refractivity contribution in [2.45, 2.75) is 32.4 Å². The fourth-order valence-corrected chi connectivity index (χ4v) is 1.30. The summed E-state index contributed by atoms with van der Waals surface area (Å²) in [6.07, 6.45) is 0.466. The first-order valence-corrected chi connectivity index (χ1v) is 4.35. The molecule has 1 heterocycles. The van der Waals surface area contributed by atoms with Crippen LogP contribution in [-0.4, -0.2) is 40.0 Å². The number of imide groups is 1. The molecule has 1 rings (SSSR count). The number of carboxylic acids is 1. The lowest BCUT2D eigenvalue weighted by atomic mass is 10.2. The largest absolute Gasteiger partial charge is 0.480 e. The highest BCUT2D eigenvalue weighted by atomic mass is 16.4. The Morgan fingerprint density at radius 3 is 2.57 bits per heavy atom. The monoisotopic (exact) mass is 200 g/mol. The summed E-state index contributed by atoms with van der Waals surface area (Å²) in [6, 6.07) is -2.32. The molecule has 6 heteroatoms. The number of urea groups is 1. The van der Waals surface area contributed by atoms with Gasteiger partial charge < -0.3 is 10.4 Å². The van der Waals surface area contributed by atoms with Gasteiger partial charge in [0.25, 0.3) is 5.91 Å². The molecule has 1 aliphatic heterocycles. The Labute approximate surface area is 80.9 Å². The third kappa shape index (κ3) is 1.55. The van der Waals surface area contributed by atoms with Gasteiger partial charge in [0.2, 0.25) is 0 Å². The summed E-state index contributed by atoms with van der Waals surface area (Å²) in [6.45, 7) is 3.05. The van der Waals surface area contributed by atoms with Crippen LogP contribution in [0.25, 0.3) is 0 Å². The molecule has 1 aliphatic rings. The van der Waals surface area contributed by atoms with E-state index in [0.717, 1.165) is 4.90 Å². The van der Waals surface area contributed by atoms with Gasteiger partial charge >= 0.3 is 12.0 Å². The van der Waals surface area contributed by atoms with Crippen molar-refractivity contribution in [1.29, 1.82) is 0 Å². The summed E-state index contributed by atoms with van der Waals surface area (Å²) in [4.78, 5) is 34.0. The van der Waals surface area contributed by atoms with Crippen LogP contribution in [0, 0.1) is 0 Å². The molecule has 0 saturated carbocycles. The minimum Gasteiger partial charge on any atom is -0.480 e. The van der Waals surface area contributed by atoms with Gasteiger partial charge in [-0.1, -0.05) is 6.92 Å². The van der Waals surface area contributed by atoms with E-state index in [1.807, 2.05) is 0 Å². The number of rotatable bonds is 3. The summed E-state index contributed by atoms with van der Waals surface area (Å²) < 4.78 is 0. The summed E-state index contributed by atoms with van der Waals surface area (Å²) in [5.74, 6) is -1.65. The van der Waals surface area contributed by atoms with Crippen LogP contribution in [0.5, 0.6) is 0 Å². The fourth-order valence-electron chi connectivity index (χ4n) is 1.30. The number of carboxylic acid groups (broad SMARTS) is 1. The van der Waals surface area contributed by atoms with E-state index >= 15 is 0 Å². The molecule has 2 N–H and O–H groups in total. The number of carbonyl (C=O) groups excluding carboxylic acids is 2. The zero-order valence-electron chi connectivity index (χ0n) is 7.98. The van der Waals surface area contributed by atoms with Crippen LogP contribution in [0.1, 0.15) is 20.3 Å². The molecule has 0 aromatic carbocycles. The van der Waals surface area contributed by atoms with Crippen molar-refractivity contribution in [3.8, 4) is 0 Å². The summed E-state index contributed by atoms with van der Waals surface area (Å²) in [5.41, 5.74) is 0. The van der Waals surface area contributed by atoms with Gasteiger partial charge in [0.05, 0.1) is 0 Å². The van der Waals surface area contributed by atoms with Gasteiger partial charge in [-0.05, 0) is 13.3 Å². The van der Waals surface area contributed by atoms with Crippen molar-refractivity contribution in [2.75, 3.05) is 0 Å². The van der Waals surface area contributed by atoms with E-state index in [1.165, 1.54) is 6.92 Å². The van der Waals surface area contributed by atoms with Crippen LogP contribution in [-0.2, 0) is 9.59 Å². The highest BCUT2D eigenvalue weighted by Gasteiger charge is 2.41. The summed E-state index contributed by atoms with van der Waals surface area (Å²) in [5, 5.41) is 11.1. The average molecular weight is 200 g/mol. The molecular formula is C8H12N2O4. The molecule has 14 heavy (non-hydrogen) atoms. The van der Waals surface area contributed by atoms with Crippen molar-refractivity contribution in [2.24, 2.45) is 0 Å². The highest BCUT2D eigenvalue weighted by Crippen LogP contribution is 2.12. The SMILES string of the molecule is CCC1NC(=O)N(C(C)C(=O)O)C1=O. The predicted molar refractivity (Wildman–Crippen MR) is 46.6 cm³/mol. The lowest BCUT2D eigenvalue weighted by Gasteiger charge is -2.16. The summed E-state index contributed by atoms with van der Waals surface area (Å²) in [7, 11) is 0. The van der Waals surface area contributed by atoms with Crippen LogP contribution < -0.4 is 5.32 Å². The van der Waals surface area contributed by atoms with Gasteiger partial charge in [-0.15, -0.1) is 0 Å². The van der Waals surface area contributed by atoms with Crippen molar-refractivity contribution in [1.82, 2.24) is 10.2 Å². The van der Waals surface area contributed by atoms with Gasteiger partial charge in [0.15, 0.2) is 0 Å². The average Bonchev–Trinajstić information content (AvgIpc) is 2.40. The maximum absolute atomic E-state index is 11.5. The topological polar surface area (TPSA) is 86.7 Å². The molecule has 1 fully saturated rings. The van der Waals surface area contributed by atoms with E-state index in [9.17, 15) is 14.4 Å². The Balaban J connectivity index is 2.85. The van der Waals surface area contributed by atoms with E-state index in [1.54, 1.807) is 6.92 Å². The zero-order valence-corrected chi connectivity index (χ0v) is 7.98. The molecule has 78 valence electrons. The van der Waals surface area contributed by atoms with Crippen molar-refractivity contribution in [3.63, 3.8) is 0 Å². The Kier molecular flexibility index (Phi) is 2.73. The van der Waals surface area contributed by atoms with Gasteiger partial charge in [-0.2, -0.15) is 0 Å². The minimum atomic E-state index is -1.19. The third-order valence-corrected chi connectivity index (χ3v) is 2.20. The maximum atomic E-state index is 11.5. The van der Waals surface area contributed by atoms with E-state index in [-0.39, 0.29) is 0 Å². The number of aliphatic carboxylic acids is 1. The normalized spacial score (nSPS) is 23.6. The Bertz CT molecular complexity index is 289. The molecular weight excluding hydrogens is 188 g/mol. The second kappa shape index (κ2) is 3.65. The summed E-state index contributed by atoms with van der Waals surface area (Å²) >= 11 is 0. The van der Waals surface area contributed by atoms with Crippen LogP contribution in [0.15, 0.2) is 0 Å². The van der Waals surface area contributed by atoms with Crippen LogP contribution in [0.2, 0.25) is 0 Å². The molecule has 0 bridgehead atoms. The predicted octanol–water partition coefficient (Wildman–Crippen LogP) is -0.210. The second-order valence-corrected chi connectivity index (χ2v) is 3.13. The van der Waals surface area contributed by atoms with Gasteiger partial charge in [-0.3, -0.25) is 4.79 Å². The van der Waals surface area contributed by atoms with Crippen LogP contribution >= 0.6 is 0 Å². The Hall–Kier alpha value is -1.59. The zero-order chi connectivity index (χ0) is 10.9. The molecule has 0 aromatic rings. The van der Waals surface area contributed by atoms with Gasteiger partial charge in [0, 0.05) is 0 Å². The smallest absolute Gasteiger partial charge is 0.326 e. The standard InChI is InChI=1S/C8H12N2O4/c1-3-5-6(11)10(8(14)9-5)4(2)7(12)13/h4-5H,3H2,1-2H3,(H,9,14)(H,12,13). The molecule has 3 amide bonds. The molecule has 1 saturated heterocycles. The van der Waals surface area contributed by atoms with Crippen molar-refractivity contribution < 1.29 is 19.5 Å². The molecule has 2 unspecified atom stereocenters. The van der Waals surface area contributed by atoms with Crippen molar-refractivity contribution >= 4 is 17.9 Å². The first-order chi connectivity index (χ1) is 6.49. The molecule has 2 atom stereocenters. The first kappa shape index (κ1) is 10.5. The molecule has 0 spiro atoms.